The Morgan fingerprint density at radius 3 is 2.32 bits per heavy atom. The van der Waals surface area contributed by atoms with Gasteiger partial charge in [0.05, 0.1) is 6.54 Å². The molecule has 0 spiro atoms. The first-order valence-corrected chi connectivity index (χ1v) is 14.7. The van der Waals surface area contributed by atoms with Gasteiger partial charge in [0, 0.05) is 31.2 Å². The Morgan fingerprint density at radius 2 is 1.76 bits per heavy atom. The summed E-state index contributed by atoms with van der Waals surface area (Å²) < 4.78 is 5.97. The summed E-state index contributed by atoms with van der Waals surface area (Å²) in [7, 11) is 1.64. The molecule has 2 aromatic carbocycles. The Balaban J connectivity index is 0.00000108. The van der Waals surface area contributed by atoms with Crippen molar-refractivity contribution in [2.75, 3.05) is 33.3 Å². The van der Waals surface area contributed by atoms with Crippen molar-refractivity contribution < 1.29 is 29.3 Å². The number of halogens is 1. The maximum atomic E-state index is 12.1. The van der Waals surface area contributed by atoms with E-state index in [4.69, 9.17) is 31.3 Å². The summed E-state index contributed by atoms with van der Waals surface area (Å²) in [5.41, 5.74) is 3.64. The molecule has 2 aliphatic rings. The van der Waals surface area contributed by atoms with Crippen molar-refractivity contribution in [1.82, 2.24) is 14.7 Å². The van der Waals surface area contributed by atoms with Gasteiger partial charge in [-0.05, 0) is 67.0 Å². The van der Waals surface area contributed by atoms with Gasteiger partial charge in [-0.1, -0.05) is 62.1 Å². The van der Waals surface area contributed by atoms with Crippen LogP contribution in [0, 0.1) is 12.8 Å². The van der Waals surface area contributed by atoms with Gasteiger partial charge >= 0.3 is 12.2 Å². The minimum atomic E-state index is -1.83. The van der Waals surface area contributed by atoms with Crippen LogP contribution < -0.4 is 4.74 Å². The van der Waals surface area contributed by atoms with Gasteiger partial charge < -0.3 is 19.8 Å². The third kappa shape index (κ3) is 9.64. The third-order valence-corrected chi connectivity index (χ3v) is 7.98. The lowest BCUT2D eigenvalue weighted by atomic mass is 9.88. The van der Waals surface area contributed by atoms with Gasteiger partial charge in [0.1, 0.15) is 18.9 Å². The molecule has 1 saturated heterocycles. The first kappa shape index (κ1) is 32.2. The molecule has 1 aliphatic carbocycles. The van der Waals surface area contributed by atoms with E-state index in [1.807, 2.05) is 18.2 Å². The molecule has 1 atom stereocenters. The number of hydrogen-bond donors (Lipinski definition) is 2. The molecule has 41 heavy (non-hydrogen) atoms. The molecule has 3 amide bonds. The fraction of sp³-hybridized carbons (Fsp3) is 0.516. The van der Waals surface area contributed by atoms with Crippen molar-refractivity contribution in [3.63, 3.8) is 0 Å². The zero-order chi connectivity index (χ0) is 29.9. The van der Waals surface area contributed by atoms with Gasteiger partial charge in [-0.3, -0.25) is 14.6 Å². The molecule has 10 heteroatoms. The van der Waals surface area contributed by atoms with Crippen LogP contribution in [-0.4, -0.2) is 76.3 Å². The SMILES string of the molecule is CCC(c1ccc(Cl)cc1)N(Cc1ccc(OCCN2C(=O)CN(C)C2=O)c(C)c1)CC1CCCCC1.O=C(O)O. The fourth-order valence-corrected chi connectivity index (χ4v) is 5.86. The lowest BCUT2D eigenvalue weighted by molar-refractivity contribution is -0.125. The average molecular weight is 588 g/mol. The smallest absolute Gasteiger partial charge is 0.491 e. The molecule has 2 N–H and O–H groups in total. The predicted octanol–water partition coefficient (Wildman–Crippen LogP) is 6.68. The number of amides is 3. The minimum absolute atomic E-state index is 0.138. The highest BCUT2D eigenvalue weighted by molar-refractivity contribution is 6.30. The van der Waals surface area contributed by atoms with Gasteiger partial charge in [0.2, 0.25) is 5.91 Å². The van der Waals surface area contributed by atoms with Gasteiger partial charge in [0.15, 0.2) is 0 Å². The van der Waals surface area contributed by atoms with E-state index in [0.29, 0.717) is 6.04 Å². The maximum absolute atomic E-state index is 12.1. The topological polar surface area (TPSA) is 111 Å². The van der Waals surface area contributed by atoms with Crippen LogP contribution in [0.3, 0.4) is 0 Å². The van der Waals surface area contributed by atoms with Crippen LogP contribution in [0.25, 0.3) is 0 Å². The molecule has 1 heterocycles. The second kappa shape index (κ2) is 15.6. The Kier molecular flexibility index (Phi) is 12.3. The predicted molar refractivity (Wildman–Crippen MR) is 159 cm³/mol. The zero-order valence-corrected chi connectivity index (χ0v) is 25.0. The fourth-order valence-electron chi connectivity index (χ4n) is 5.74. The van der Waals surface area contributed by atoms with E-state index >= 15 is 0 Å². The molecule has 4 rings (SSSR count). The molecule has 2 fully saturated rings. The van der Waals surface area contributed by atoms with E-state index in [0.717, 1.165) is 41.8 Å². The Bertz CT molecular complexity index is 1160. The van der Waals surface area contributed by atoms with Crippen LogP contribution >= 0.6 is 11.6 Å². The summed E-state index contributed by atoms with van der Waals surface area (Å²) >= 11 is 6.19. The van der Waals surface area contributed by atoms with Crippen molar-refractivity contribution in [1.29, 1.82) is 0 Å². The number of carbonyl (C=O) groups excluding carboxylic acids is 2. The number of aryl methyl sites for hydroxylation is 1. The summed E-state index contributed by atoms with van der Waals surface area (Å²) in [6, 6.07) is 14.8. The van der Waals surface area contributed by atoms with Crippen molar-refractivity contribution >= 4 is 29.7 Å². The number of nitrogens with zero attached hydrogens (tertiary/aromatic N) is 3. The number of ether oxygens (including phenoxy) is 1. The Morgan fingerprint density at radius 1 is 1.10 bits per heavy atom. The van der Waals surface area contributed by atoms with Crippen LogP contribution in [0.4, 0.5) is 9.59 Å². The molecule has 0 bridgehead atoms. The molecule has 1 unspecified atom stereocenters. The number of hydrogen-bond acceptors (Lipinski definition) is 5. The van der Waals surface area contributed by atoms with Crippen LogP contribution in [0.2, 0.25) is 5.02 Å². The van der Waals surface area contributed by atoms with E-state index < -0.39 is 6.16 Å². The van der Waals surface area contributed by atoms with Crippen molar-refractivity contribution in [2.24, 2.45) is 5.92 Å². The lowest BCUT2D eigenvalue weighted by Gasteiger charge is -2.36. The van der Waals surface area contributed by atoms with E-state index in [1.165, 1.54) is 53.0 Å². The van der Waals surface area contributed by atoms with Crippen LogP contribution in [0.5, 0.6) is 5.75 Å². The zero-order valence-electron chi connectivity index (χ0n) is 24.2. The third-order valence-electron chi connectivity index (χ3n) is 7.73. The number of carbonyl (C=O) groups is 3. The molecular weight excluding hydrogens is 546 g/mol. The highest BCUT2D eigenvalue weighted by atomic mass is 35.5. The summed E-state index contributed by atoms with van der Waals surface area (Å²) in [4.78, 5) is 38.0. The number of likely N-dealkylation sites (N-methyl/N-ethyl adjacent to an activating group) is 1. The number of rotatable bonds is 11. The van der Waals surface area contributed by atoms with Crippen LogP contribution in [0.1, 0.15) is 68.2 Å². The maximum Gasteiger partial charge on any atom is 0.503 e. The number of urea groups is 1. The molecule has 0 radical (unpaired) electrons. The summed E-state index contributed by atoms with van der Waals surface area (Å²) in [5.74, 6) is 1.36. The monoisotopic (exact) mass is 587 g/mol. The number of carboxylic acid groups (broad SMARTS) is 2. The quantitative estimate of drug-likeness (QED) is 0.282. The Hall–Kier alpha value is -3.30. The number of benzene rings is 2. The van der Waals surface area contributed by atoms with Gasteiger partial charge in [-0.2, -0.15) is 0 Å². The lowest BCUT2D eigenvalue weighted by Crippen LogP contribution is -2.35. The molecule has 1 aliphatic heterocycles. The normalized spacial score (nSPS) is 16.5. The minimum Gasteiger partial charge on any atom is -0.491 e. The van der Waals surface area contributed by atoms with Crippen LogP contribution in [-0.2, 0) is 11.3 Å². The van der Waals surface area contributed by atoms with Crippen molar-refractivity contribution in [3.05, 3.63) is 64.2 Å². The standard InChI is InChI=1S/C30H40ClN3O3.CH2O3/c1-4-27(25-11-13-26(31)14-12-25)33(19-23-8-6-5-7-9-23)20-24-10-15-28(22(2)18-24)37-17-16-34-29(35)21-32(3)30(34)36;2-1(3)4/h10-15,18,23,27H,4-9,16-17,19-21H2,1-3H3;(H2,2,3,4). The molecule has 9 nitrogen and oxygen atoms in total. The van der Waals surface area contributed by atoms with E-state index in [2.05, 4.69) is 43.0 Å². The molecule has 0 aromatic heterocycles. The molecular formula is C31H42ClN3O6. The molecule has 224 valence electrons. The second-order valence-electron chi connectivity index (χ2n) is 10.8. The summed E-state index contributed by atoms with van der Waals surface area (Å²) in [6.07, 6.45) is 5.88. The van der Waals surface area contributed by atoms with E-state index in [-0.39, 0.29) is 31.6 Å². The second-order valence-corrected chi connectivity index (χ2v) is 11.3. The van der Waals surface area contributed by atoms with Gasteiger partial charge in [-0.25, -0.2) is 9.59 Å². The van der Waals surface area contributed by atoms with Gasteiger partial charge in [0.25, 0.3) is 0 Å². The first-order chi connectivity index (χ1) is 19.6. The first-order valence-electron chi connectivity index (χ1n) is 14.3. The molecule has 2 aromatic rings. The average Bonchev–Trinajstić information content (AvgIpc) is 3.17. The van der Waals surface area contributed by atoms with Crippen molar-refractivity contribution in [3.8, 4) is 5.75 Å². The highest BCUT2D eigenvalue weighted by Crippen LogP contribution is 2.32. The Labute approximate surface area is 247 Å². The number of imide groups is 1. The summed E-state index contributed by atoms with van der Waals surface area (Å²) in [6.45, 7) is 6.99. The molecule has 1 saturated carbocycles. The van der Waals surface area contributed by atoms with Gasteiger partial charge in [-0.15, -0.1) is 0 Å². The largest absolute Gasteiger partial charge is 0.503 e. The van der Waals surface area contributed by atoms with Crippen molar-refractivity contribution in [2.45, 2.75) is 65.0 Å². The van der Waals surface area contributed by atoms with Crippen LogP contribution in [0.15, 0.2) is 42.5 Å². The highest BCUT2D eigenvalue weighted by Gasteiger charge is 2.33. The van der Waals surface area contributed by atoms with E-state index in [9.17, 15) is 9.59 Å². The van der Waals surface area contributed by atoms with E-state index in [1.54, 1.807) is 7.05 Å². The summed E-state index contributed by atoms with van der Waals surface area (Å²) in [5, 5.41) is 14.7.